The molecule has 0 aromatic carbocycles. The number of thioether (sulfide) groups is 1. The summed E-state index contributed by atoms with van der Waals surface area (Å²) >= 11 is 1.78. The monoisotopic (exact) mass is 209 g/mol. The molecule has 0 N–H and O–H groups in total. The fraction of sp³-hybridized carbons (Fsp3) is 0.818. The van der Waals surface area contributed by atoms with Crippen molar-refractivity contribution in [2.75, 3.05) is 0 Å². The van der Waals surface area contributed by atoms with E-state index in [1.54, 1.807) is 11.8 Å². The average molecular weight is 209 g/mol. The molecule has 0 spiro atoms. The second-order valence-electron chi connectivity index (χ2n) is 4.38. The number of Topliss-reactive ketones (excluding diaryl/α,β-unsaturated/α-hetero) is 1. The minimum atomic E-state index is -0.334. The Hall–Kier alpha value is -0.490. The minimum Gasteiger partial charge on any atom is -0.300 e. The molecular weight excluding hydrogens is 194 g/mol. The van der Waals surface area contributed by atoms with Gasteiger partial charge in [-0.2, -0.15) is 5.26 Å². The smallest absolute Gasteiger partial charge is 0.137 e. The zero-order valence-corrected chi connectivity index (χ0v) is 9.11. The molecule has 0 bridgehead atoms. The molecule has 0 saturated heterocycles. The lowest BCUT2D eigenvalue weighted by Gasteiger charge is -2.37. The predicted molar refractivity (Wildman–Crippen MR) is 57.0 cm³/mol. The molecule has 0 aliphatic heterocycles. The van der Waals surface area contributed by atoms with Crippen LogP contribution in [0.15, 0.2) is 0 Å². The van der Waals surface area contributed by atoms with Crippen LogP contribution in [-0.2, 0) is 4.79 Å². The molecule has 0 atom stereocenters. The summed E-state index contributed by atoms with van der Waals surface area (Å²) < 4.78 is -0.334. The third-order valence-corrected chi connectivity index (χ3v) is 4.75. The molecule has 14 heavy (non-hydrogen) atoms. The molecule has 0 unspecified atom stereocenters. The minimum absolute atomic E-state index is 0.259. The van der Waals surface area contributed by atoms with Gasteiger partial charge in [0.05, 0.1) is 6.07 Å². The van der Waals surface area contributed by atoms with E-state index < -0.39 is 0 Å². The summed E-state index contributed by atoms with van der Waals surface area (Å²) in [6.45, 7) is 0. The van der Waals surface area contributed by atoms with Gasteiger partial charge in [0, 0.05) is 18.1 Å². The van der Waals surface area contributed by atoms with E-state index in [4.69, 9.17) is 5.26 Å². The van der Waals surface area contributed by atoms with Crippen molar-refractivity contribution in [3.63, 3.8) is 0 Å². The van der Waals surface area contributed by atoms with Gasteiger partial charge in [0.1, 0.15) is 10.5 Å². The van der Waals surface area contributed by atoms with E-state index in [0.717, 1.165) is 0 Å². The number of nitriles is 1. The van der Waals surface area contributed by atoms with Crippen LogP contribution in [0.2, 0.25) is 0 Å². The summed E-state index contributed by atoms with van der Waals surface area (Å²) in [7, 11) is 0. The highest BCUT2D eigenvalue weighted by Gasteiger charge is 2.46. The van der Waals surface area contributed by atoms with Gasteiger partial charge in [-0.15, -0.1) is 11.8 Å². The Morgan fingerprint density at radius 1 is 1.29 bits per heavy atom. The molecule has 0 heterocycles. The maximum Gasteiger partial charge on any atom is 0.137 e. The first-order valence-corrected chi connectivity index (χ1v) is 6.23. The standard InChI is InChI=1S/C11H15NOS/c12-8-11(6-9(13)7-11)14-10-4-2-1-3-5-10/h10H,1-7H2. The van der Waals surface area contributed by atoms with Gasteiger partial charge in [0.2, 0.25) is 0 Å². The van der Waals surface area contributed by atoms with E-state index in [9.17, 15) is 4.79 Å². The highest BCUT2D eigenvalue weighted by molar-refractivity contribution is 8.01. The summed E-state index contributed by atoms with van der Waals surface area (Å²) in [5.41, 5.74) is 0. The third-order valence-electron chi connectivity index (χ3n) is 3.11. The van der Waals surface area contributed by atoms with Crippen molar-refractivity contribution in [1.29, 1.82) is 5.26 Å². The fourth-order valence-electron chi connectivity index (χ4n) is 2.28. The molecule has 76 valence electrons. The number of carbonyl (C=O) groups is 1. The first kappa shape index (κ1) is 10.0. The Balaban J connectivity index is 1.89. The molecule has 2 aliphatic rings. The Bertz CT molecular complexity index is 268. The van der Waals surface area contributed by atoms with Crippen molar-refractivity contribution in [1.82, 2.24) is 0 Å². The normalized spacial score (nSPS) is 26.6. The third kappa shape index (κ3) is 1.95. The number of nitrogens with zero attached hydrogens (tertiary/aromatic N) is 1. The van der Waals surface area contributed by atoms with Crippen molar-refractivity contribution in [3.8, 4) is 6.07 Å². The molecule has 0 aromatic heterocycles. The Labute approximate surface area is 89.1 Å². The van der Waals surface area contributed by atoms with Crippen molar-refractivity contribution in [2.45, 2.75) is 54.9 Å². The second kappa shape index (κ2) is 3.94. The van der Waals surface area contributed by atoms with Crippen LogP contribution in [0.1, 0.15) is 44.9 Å². The number of hydrogen-bond acceptors (Lipinski definition) is 3. The Morgan fingerprint density at radius 3 is 2.43 bits per heavy atom. The van der Waals surface area contributed by atoms with E-state index in [0.29, 0.717) is 18.1 Å². The zero-order chi connectivity index (χ0) is 10.0. The summed E-state index contributed by atoms with van der Waals surface area (Å²) in [5, 5.41) is 9.70. The van der Waals surface area contributed by atoms with Gasteiger partial charge in [-0.1, -0.05) is 19.3 Å². The summed E-state index contributed by atoms with van der Waals surface area (Å²) in [6.07, 6.45) is 7.40. The lowest BCUT2D eigenvalue weighted by molar-refractivity contribution is -0.124. The van der Waals surface area contributed by atoms with Crippen LogP contribution in [0.3, 0.4) is 0 Å². The lowest BCUT2D eigenvalue weighted by Crippen LogP contribution is -2.41. The van der Waals surface area contributed by atoms with E-state index in [2.05, 4.69) is 6.07 Å². The second-order valence-corrected chi connectivity index (χ2v) is 6.06. The highest BCUT2D eigenvalue weighted by atomic mass is 32.2. The van der Waals surface area contributed by atoms with Crippen molar-refractivity contribution >= 4 is 17.5 Å². The predicted octanol–water partition coefficient (Wildman–Crippen LogP) is 2.68. The molecule has 0 radical (unpaired) electrons. The number of carbonyl (C=O) groups excluding carboxylic acids is 1. The lowest BCUT2D eigenvalue weighted by atomic mass is 9.84. The van der Waals surface area contributed by atoms with Crippen LogP contribution in [-0.4, -0.2) is 15.8 Å². The Morgan fingerprint density at radius 2 is 1.93 bits per heavy atom. The van der Waals surface area contributed by atoms with E-state index in [1.165, 1.54) is 32.1 Å². The highest BCUT2D eigenvalue weighted by Crippen LogP contribution is 2.46. The van der Waals surface area contributed by atoms with Crippen LogP contribution in [0.25, 0.3) is 0 Å². The Kier molecular flexibility index (Phi) is 2.83. The van der Waals surface area contributed by atoms with E-state index in [1.807, 2.05) is 0 Å². The molecule has 2 saturated carbocycles. The molecule has 2 nitrogen and oxygen atoms in total. The molecule has 3 heteroatoms. The van der Waals surface area contributed by atoms with Gasteiger partial charge in [0.25, 0.3) is 0 Å². The molecule has 0 amide bonds. The molecule has 2 fully saturated rings. The zero-order valence-electron chi connectivity index (χ0n) is 8.29. The van der Waals surface area contributed by atoms with Gasteiger partial charge < -0.3 is 0 Å². The summed E-state index contributed by atoms with van der Waals surface area (Å²) in [6, 6.07) is 2.33. The van der Waals surface area contributed by atoms with Crippen molar-refractivity contribution in [3.05, 3.63) is 0 Å². The van der Waals surface area contributed by atoms with Gasteiger partial charge in [-0.3, -0.25) is 4.79 Å². The average Bonchev–Trinajstić information content (AvgIpc) is 2.16. The largest absolute Gasteiger partial charge is 0.300 e. The van der Waals surface area contributed by atoms with Crippen LogP contribution in [0.4, 0.5) is 0 Å². The van der Waals surface area contributed by atoms with Gasteiger partial charge in [-0.05, 0) is 12.8 Å². The van der Waals surface area contributed by atoms with Crippen molar-refractivity contribution < 1.29 is 4.79 Å². The first-order valence-electron chi connectivity index (χ1n) is 5.35. The number of ketones is 1. The number of hydrogen-bond donors (Lipinski definition) is 0. The van der Waals surface area contributed by atoms with Gasteiger partial charge in [-0.25, -0.2) is 0 Å². The maximum absolute atomic E-state index is 11.0. The van der Waals surface area contributed by atoms with Gasteiger partial charge in [0.15, 0.2) is 0 Å². The SMILES string of the molecule is N#CC1(SC2CCCCC2)CC(=O)C1. The quantitative estimate of drug-likeness (QED) is 0.702. The van der Waals surface area contributed by atoms with Gasteiger partial charge >= 0.3 is 0 Å². The molecular formula is C11H15NOS. The van der Waals surface area contributed by atoms with E-state index in [-0.39, 0.29) is 10.5 Å². The first-order chi connectivity index (χ1) is 6.74. The molecule has 2 rings (SSSR count). The maximum atomic E-state index is 11.0. The van der Waals surface area contributed by atoms with Crippen LogP contribution < -0.4 is 0 Å². The fourth-order valence-corrected chi connectivity index (χ4v) is 4.02. The van der Waals surface area contributed by atoms with Crippen LogP contribution >= 0.6 is 11.8 Å². The number of rotatable bonds is 2. The van der Waals surface area contributed by atoms with Crippen LogP contribution in [0.5, 0.6) is 0 Å². The summed E-state index contributed by atoms with van der Waals surface area (Å²) in [4.78, 5) is 11.0. The van der Waals surface area contributed by atoms with Crippen LogP contribution in [0, 0.1) is 11.3 Å². The topological polar surface area (TPSA) is 40.9 Å². The molecule has 0 aromatic rings. The summed E-state index contributed by atoms with van der Waals surface area (Å²) in [5.74, 6) is 0.259. The molecule has 2 aliphatic carbocycles. The van der Waals surface area contributed by atoms with Crippen molar-refractivity contribution in [2.24, 2.45) is 0 Å². The van der Waals surface area contributed by atoms with E-state index >= 15 is 0 Å².